The van der Waals surface area contributed by atoms with E-state index in [9.17, 15) is 14.0 Å². The van der Waals surface area contributed by atoms with E-state index in [4.69, 9.17) is 9.47 Å². The van der Waals surface area contributed by atoms with Crippen molar-refractivity contribution in [3.05, 3.63) is 63.2 Å². The molecule has 0 aliphatic carbocycles. The topological polar surface area (TPSA) is 96.6 Å². The van der Waals surface area contributed by atoms with Gasteiger partial charge in [0.25, 0.3) is 17.4 Å². The third kappa shape index (κ3) is 3.60. The number of aromatic amines is 1. The molecule has 5 rings (SSSR count). The maximum Gasteiger partial charge on any atom is 0.269 e. The Balaban J connectivity index is 1.29. The van der Waals surface area contributed by atoms with Crippen LogP contribution in [0.25, 0.3) is 10.9 Å². The number of likely N-dealkylation sites (tertiary alicyclic amines) is 1. The predicted octanol–water partition coefficient (Wildman–Crippen LogP) is 2.15. The first kappa shape index (κ1) is 21.3. The molecule has 2 N–H and O–H groups in total. The molecule has 172 valence electrons. The molecule has 0 radical (unpaired) electrons. The molecule has 2 aromatic heterocycles. The van der Waals surface area contributed by atoms with E-state index in [1.54, 1.807) is 12.1 Å². The normalized spacial score (nSPS) is 19.6. The first-order valence-electron chi connectivity index (χ1n) is 10.7. The zero-order valence-electron chi connectivity index (χ0n) is 18.1. The van der Waals surface area contributed by atoms with Gasteiger partial charge in [-0.1, -0.05) is 6.07 Å². The van der Waals surface area contributed by atoms with E-state index < -0.39 is 17.7 Å². The fourth-order valence-electron chi connectivity index (χ4n) is 4.29. The molecule has 1 fully saturated rings. The monoisotopic (exact) mass is 456 g/mol. The SMILES string of the molecule is CNC(=O)c1ccc(O[C@H]2CN(Cc3ccc4c5c(c(=O)[nH]c4c3F)CCO5)[C@@H]2C)c(F)n1. The number of amides is 1. The van der Waals surface area contributed by atoms with Crippen molar-refractivity contribution in [2.24, 2.45) is 0 Å². The van der Waals surface area contributed by atoms with Gasteiger partial charge in [-0.25, -0.2) is 9.37 Å². The van der Waals surface area contributed by atoms with Crippen LogP contribution < -0.4 is 20.3 Å². The molecule has 1 aromatic carbocycles. The van der Waals surface area contributed by atoms with Crippen molar-refractivity contribution in [1.82, 2.24) is 20.2 Å². The standard InChI is InChI=1S/C23H22F2N4O4/c1-11-17(33-16-6-5-15(23(31)26-2)27-21(16)25)10-29(11)9-12-3-4-13-19(18(12)24)28-22(30)14-7-8-32-20(13)14/h3-6,11,17H,7-10H2,1-2H3,(H,26,31)(H,28,30)/t11-,17+/m1/s1. The molecule has 8 nitrogen and oxygen atoms in total. The van der Waals surface area contributed by atoms with E-state index in [0.717, 1.165) is 0 Å². The summed E-state index contributed by atoms with van der Waals surface area (Å²) >= 11 is 0. The van der Waals surface area contributed by atoms with E-state index >= 15 is 4.39 Å². The molecule has 2 aliphatic heterocycles. The van der Waals surface area contributed by atoms with Gasteiger partial charge in [0.1, 0.15) is 17.5 Å². The van der Waals surface area contributed by atoms with Gasteiger partial charge in [0, 0.05) is 43.5 Å². The second kappa shape index (κ2) is 8.11. The molecule has 0 saturated carbocycles. The molecule has 1 amide bonds. The average Bonchev–Trinajstić information content (AvgIpc) is 3.31. The number of pyridine rings is 2. The minimum absolute atomic E-state index is 0.0356. The van der Waals surface area contributed by atoms with Crippen LogP contribution in [-0.2, 0) is 13.0 Å². The van der Waals surface area contributed by atoms with Gasteiger partial charge in [-0.05, 0) is 25.1 Å². The summed E-state index contributed by atoms with van der Waals surface area (Å²) in [6.07, 6.45) is 0.202. The van der Waals surface area contributed by atoms with Crippen molar-refractivity contribution in [2.75, 3.05) is 20.2 Å². The molecule has 0 bridgehead atoms. The number of nitrogens with zero attached hydrogens (tertiary/aromatic N) is 2. The molecular weight excluding hydrogens is 434 g/mol. The highest BCUT2D eigenvalue weighted by Gasteiger charge is 2.38. The summed E-state index contributed by atoms with van der Waals surface area (Å²) in [5.74, 6) is -1.41. The second-order valence-electron chi connectivity index (χ2n) is 8.21. The second-order valence-corrected chi connectivity index (χ2v) is 8.21. The van der Waals surface area contributed by atoms with Crippen LogP contribution in [0.15, 0.2) is 29.1 Å². The zero-order valence-corrected chi connectivity index (χ0v) is 18.1. The lowest BCUT2D eigenvalue weighted by Crippen LogP contribution is -2.60. The molecule has 3 aromatic rings. The van der Waals surface area contributed by atoms with E-state index in [1.165, 1.54) is 19.2 Å². The van der Waals surface area contributed by atoms with Crippen LogP contribution in [0.1, 0.15) is 28.5 Å². The summed E-state index contributed by atoms with van der Waals surface area (Å²) in [7, 11) is 1.44. The highest BCUT2D eigenvalue weighted by Crippen LogP contribution is 2.34. The number of H-pyrrole nitrogens is 1. The van der Waals surface area contributed by atoms with Crippen molar-refractivity contribution >= 4 is 16.8 Å². The number of carbonyl (C=O) groups excluding carboxylic acids is 1. The predicted molar refractivity (Wildman–Crippen MR) is 116 cm³/mol. The number of nitrogens with one attached hydrogen (secondary N) is 2. The number of hydrogen-bond donors (Lipinski definition) is 2. The van der Waals surface area contributed by atoms with Gasteiger partial charge in [-0.15, -0.1) is 0 Å². The van der Waals surface area contributed by atoms with E-state index in [1.807, 2.05) is 11.8 Å². The highest BCUT2D eigenvalue weighted by atomic mass is 19.1. The summed E-state index contributed by atoms with van der Waals surface area (Å²) in [4.78, 5) is 32.1. The number of halogens is 2. The van der Waals surface area contributed by atoms with Crippen LogP contribution in [0.5, 0.6) is 11.5 Å². The first-order valence-corrected chi connectivity index (χ1v) is 10.7. The fourth-order valence-corrected chi connectivity index (χ4v) is 4.29. The molecule has 1 saturated heterocycles. The number of carbonyl (C=O) groups is 1. The third-order valence-corrected chi connectivity index (χ3v) is 6.31. The lowest BCUT2D eigenvalue weighted by atomic mass is 9.98. The number of benzene rings is 1. The lowest BCUT2D eigenvalue weighted by molar-refractivity contribution is -0.0437. The Hall–Kier alpha value is -3.53. The van der Waals surface area contributed by atoms with Gasteiger partial charge in [0.05, 0.1) is 17.7 Å². The van der Waals surface area contributed by atoms with Crippen LogP contribution in [0.4, 0.5) is 8.78 Å². The average molecular weight is 456 g/mol. The minimum Gasteiger partial charge on any atom is -0.492 e. The summed E-state index contributed by atoms with van der Waals surface area (Å²) in [5.41, 5.74) is 0.769. The Morgan fingerprint density at radius 2 is 2.15 bits per heavy atom. The molecule has 10 heteroatoms. The molecule has 2 aliphatic rings. The van der Waals surface area contributed by atoms with Gasteiger partial charge >= 0.3 is 0 Å². The Labute approximate surface area is 187 Å². The maximum absolute atomic E-state index is 15.2. The van der Waals surface area contributed by atoms with Crippen molar-refractivity contribution in [2.45, 2.75) is 32.0 Å². The van der Waals surface area contributed by atoms with Crippen molar-refractivity contribution in [3.63, 3.8) is 0 Å². The number of aromatic nitrogens is 2. The van der Waals surface area contributed by atoms with Crippen molar-refractivity contribution in [1.29, 1.82) is 0 Å². The fraction of sp³-hybridized carbons (Fsp3) is 0.348. The van der Waals surface area contributed by atoms with Crippen LogP contribution in [0, 0.1) is 11.8 Å². The van der Waals surface area contributed by atoms with Gasteiger partial charge in [0.2, 0.25) is 0 Å². The summed E-state index contributed by atoms with van der Waals surface area (Å²) in [6, 6.07) is 6.12. The van der Waals surface area contributed by atoms with Gasteiger partial charge in [0.15, 0.2) is 11.6 Å². The first-order chi connectivity index (χ1) is 15.9. The Bertz CT molecular complexity index is 1330. The van der Waals surface area contributed by atoms with E-state index in [-0.39, 0.29) is 34.7 Å². The number of fused-ring (bicyclic) bond motifs is 3. The number of hydrogen-bond acceptors (Lipinski definition) is 6. The quantitative estimate of drug-likeness (QED) is 0.572. The molecule has 2 atom stereocenters. The Morgan fingerprint density at radius 1 is 1.33 bits per heavy atom. The molecule has 33 heavy (non-hydrogen) atoms. The van der Waals surface area contributed by atoms with Gasteiger partial charge in [-0.2, -0.15) is 4.39 Å². The lowest BCUT2D eigenvalue weighted by Gasteiger charge is -2.45. The maximum atomic E-state index is 15.2. The molecule has 0 unspecified atom stereocenters. The van der Waals surface area contributed by atoms with Gasteiger partial charge in [-0.3, -0.25) is 14.5 Å². The van der Waals surface area contributed by atoms with Crippen LogP contribution >= 0.6 is 0 Å². The number of ether oxygens (including phenoxy) is 2. The molecule has 0 spiro atoms. The van der Waals surface area contributed by atoms with E-state index in [0.29, 0.717) is 48.4 Å². The Kier molecular flexibility index (Phi) is 5.24. The minimum atomic E-state index is -0.860. The largest absolute Gasteiger partial charge is 0.492 e. The number of rotatable bonds is 5. The molecular formula is C23H22F2N4O4. The van der Waals surface area contributed by atoms with Gasteiger partial charge < -0.3 is 19.8 Å². The smallest absolute Gasteiger partial charge is 0.269 e. The van der Waals surface area contributed by atoms with Crippen LogP contribution in [-0.4, -0.2) is 53.1 Å². The van der Waals surface area contributed by atoms with Crippen molar-refractivity contribution in [3.8, 4) is 11.5 Å². The third-order valence-electron chi connectivity index (χ3n) is 6.31. The summed E-state index contributed by atoms with van der Waals surface area (Å²) < 4.78 is 40.8. The van der Waals surface area contributed by atoms with E-state index in [2.05, 4.69) is 15.3 Å². The van der Waals surface area contributed by atoms with Crippen molar-refractivity contribution < 1.29 is 23.0 Å². The van der Waals surface area contributed by atoms with Crippen LogP contribution in [0.3, 0.4) is 0 Å². The Morgan fingerprint density at radius 3 is 2.88 bits per heavy atom. The summed E-state index contributed by atoms with van der Waals surface area (Å²) in [5, 5.41) is 2.94. The summed E-state index contributed by atoms with van der Waals surface area (Å²) in [6.45, 7) is 3.08. The van der Waals surface area contributed by atoms with Crippen LogP contribution in [0.2, 0.25) is 0 Å². The highest BCUT2D eigenvalue weighted by molar-refractivity contribution is 5.92. The molecule has 4 heterocycles. The zero-order chi connectivity index (χ0) is 23.3.